The summed E-state index contributed by atoms with van der Waals surface area (Å²) in [5.41, 5.74) is 0.449. The van der Waals surface area contributed by atoms with Gasteiger partial charge in [0.15, 0.2) is 9.84 Å². The highest BCUT2D eigenvalue weighted by Gasteiger charge is 2.37. The van der Waals surface area contributed by atoms with Gasteiger partial charge in [-0.3, -0.25) is 0 Å². The molecule has 1 saturated heterocycles. The molecule has 1 atom stereocenters. The molecule has 1 unspecified atom stereocenters. The first-order chi connectivity index (χ1) is 8.81. The van der Waals surface area contributed by atoms with E-state index in [1.54, 1.807) is 24.3 Å². The van der Waals surface area contributed by atoms with Crippen LogP contribution in [0, 0.1) is 0 Å². The van der Waals surface area contributed by atoms with Gasteiger partial charge in [-0.15, -0.1) is 0 Å². The summed E-state index contributed by atoms with van der Waals surface area (Å²) in [7, 11) is -2.96. The molecule has 104 valence electrons. The van der Waals surface area contributed by atoms with Crippen LogP contribution in [-0.2, 0) is 16.4 Å². The zero-order chi connectivity index (χ0) is 14.1. The molecule has 0 spiro atoms. The van der Waals surface area contributed by atoms with Crippen molar-refractivity contribution in [2.24, 2.45) is 0 Å². The Morgan fingerprint density at radius 3 is 2.68 bits per heavy atom. The Labute approximate surface area is 112 Å². The van der Waals surface area contributed by atoms with E-state index >= 15 is 0 Å². The van der Waals surface area contributed by atoms with E-state index in [1.807, 2.05) is 6.92 Å². The fourth-order valence-electron chi connectivity index (χ4n) is 2.34. The minimum atomic E-state index is -2.96. The predicted octanol–water partition coefficient (Wildman–Crippen LogP) is 1.05. The molecule has 5 nitrogen and oxygen atoms in total. The third-order valence-electron chi connectivity index (χ3n) is 3.46. The largest absolute Gasteiger partial charge is 0.478 e. The summed E-state index contributed by atoms with van der Waals surface area (Å²) in [5, 5.41) is 12.3. The number of sulfone groups is 1. The topological polar surface area (TPSA) is 83.5 Å². The van der Waals surface area contributed by atoms with Gasteiger partial charge in [0, 0.05) is 12.1 Å². The van der Waals surface area contributed by atoms with E-state index in [9.17, 15) is 13.2 Å². The van der Waals surface area contributed by atoms with Crippen molar-refractivity contribution >= 4 is 15.8 Å². The van der Waals surface area contributed by atoms with Gasteiger partial charge in [-0.1, -0.05) is 18.2 Å². The van der Waals surface area contributed by atoms with Gasteiger partial charge in [0.2, 0.25) is 0 Å². The summed E-state index contributed by atoms with van der Waals surface area (Å²) in [5.74, 6) is -0.673. The predicted molar refractivity (Wildman–Crippen MR) is 71.9 cm³/mol. The third-order valence-corrected chi connectivity index (χ3v) is 5.36. The van der Waals surface area contributed by atoms with Gasteiger partial charge in [0.1, 0.15) is 0 Å². The Balaban J connectivity index is 2.10. The molecule has 0 aliphatic carbocycles. The molecular weight excluding hydrogens is 266 g/mol. The molecule has 1 heterocycles. The van der Waals surface area contributed by atoms with E-state index in [-0.39, 0.29) is 17.1 Å². The van der Waals surface area contributed by atoms with E-state index in [0.717, 1.165) is 0 Å². The molecule has 2 N–H and O–H groups in total. The van der Waals surface area contributed by atoms with E-state index in [0.29, 0.717) is 18.5 Å². The molecule has 19 heavy (non-hydrogen) atoms. The van der Waals surface area contributed by atoms with Gasteiger partial charge in [-0.05, 0) is 25.0 Å². The number of rotatable bonds is 4. The summed E-state index contributed by atoms with van der Waals surface area (Å²) >= 11 is 0. The van der Waals surface area contributed by atoms with Crippen molar-refractivity contribution in [1.29, 1.82) is 0 Å². The molecule has 1 aliphatic rings. The maximum absolute atomic E-state index is 11.5. The lowest BCUT2D eigenvalue weighted by Crippen LogP contribution is -2.43. The second-order valence-electron chi connectivity index (χ2n) is 5.22. The smallest absolute Gasteiger partial charge is 0.336 e. The van der Waals surface area contributed by atoms with Crippen molar-refractivity contribution in [3.05, 3.63) is 35.4 Å². The Hall–Kier alpha value is -1.40. The molecule has 1 aromatic carbocycles. The van der Waals surface area contributed by atoms with Crippen LogP contribution in [-0.4, -0.2) is 36.5 Å². The summed E-state index contributed by atoms with van der Waals surface area (Å²) in [4.78, 5) is 11.1. The molecular formula is C13H17NO4S. The van der Waals surface area contributed by atoms with E-state index in [4.69, 9.17) is 5.11 Å². The van der Waals surface area contributed by atoms with Gasteiger partial charge in [-0.2, -0.15) is 0 Å². The minimum Gasteiger partial charge on any atom is -0.478 e. The van der Waals surface area contributed by atoms with Gasteiger partial charge >= 0.3 is 5.97 Å². The minimum absolute atomic E-state index is 0.106. The quantitative estimate of drug-likeness (QED) is 0.863. The normalized spacial score (nSPS) is 25.3. The van der Waals surface area contributed by atoms with Crippen molar-refractivity contribution in [3.8, 4) is 0 Å². The lowest BCUT2D eigenvalue weighted by Gasteiger charge is -2.24. The molecule has 1 aliphatic heterocycles. The number of hydrogen-bond acceptors (Lipinski definition) is 4. The summed E-state index contributed by atoms with van der Waals surface area (Å²) < 4.78 is 23.0. The van der Waals surface area contributed by atoms with Crippen LogP contribution in [0.15, 0.2) is 24.3 Å². The SMILES string of the molecule is CC1(NCc2ccccc2C(=O)O)CCS(=O)(=O)C1. The first-order valence-electron chi connectivity index (χ1n) is 6.08. The van der Waals surface area contributed by atoms with Crippen molar-refractivity contribution in [1.82, 2.24) is 5.32 Å². The Kier molecular flexibility index (Phi) is 3.64. The van der Waals surface area contributed by atoms with Crippen LogP contribution in [0.1, 0.15) is 29.3 Å². The Morgan fingerprint density at radius 1 is 1.42 bits per heavy atom. The molecule has 0 amide bonds. The number of carbonyl (C=O) groups is 1. The molecule has 0 aromatic heterocycles. The number of hydrogen-bond donors (Lipinski definition) is 2. The van der Waals surface area contributed by atoms with Crippen LogP contribution in [0.5, 0.6) is 0 Å². The standard InChI is InChI=1S/C13H17NO4S/c1-13(6-7-19(17,18)9-13)14-8-10-4-2-3-5-11(10)12(15)16/h2-5,14H,6-9H2,1H3,(H,15,16). The van der Waals surface area contributed by atoms with Crippen LogP contribution in [0.25, 0.3) is 0 Å². The number of carboxylic acid groups (broad SMARTS) is 1. The van der Waals surface area contributed by atoms with Crippen molar-refractivity contribution in [2.75, 3.05) is 11.5 Å². The zero-order valence-corrected chi connectivity index (χ0v) is 11.5. The van der Waals surface area contributed by atoms with E-state index < -0.39 is 21.3 Å². The summed E-state index contributed by atoms with van der Waals surface area (Å²) in [6.45, 7) is 2.22. The molecule has 0 bridgehead atoms. The first-order valence-corrected chi connectivity index (χ1v) is 7.90. The van der Waals surface area contributed by atoms with Gasteiger partial charge in [0.25, 0.3) is 0 Å². The van der Waals surface area contributed by atoms with E-state index in [1.165, 1.54) is 0 Å². The third kappa shape index (κ3) is 3.33. The van der Waals surface area contributed by atoms with Gasteiger partial charge in [0.05, 0.1) is 17.1 Å². The fourth-order valence-corrected chi connectivity index (χ4v) is 4.46. The highest BCUT2D eigenvalue weighted by Crippen LogP contribution is 2.23. The monoisotopic (exact) mass is 283 g/mol. The van der Waals surface area contributed by atoms with Crippen LogP contribution in [0.2, 0.25) is 0 Å². The average molecular weight is 283 g/mol. The molecule has 2 rings (SSSR count). The lowest BCUT2D eigenvalue weighted by atomic mass is 10.0. The number of aromatic carboxylic acids is 1. The van der Waals surface area contributed by atoms with Crippen molar-refractivity contribution < 1.29 is 18.3 Å². The van der Waals surface area contributed by atoms with Crippen molar-refractivity contribution in [2.45, 2.75) is 25.4 Å². The number of benzene rings is 1. The van der Waals surface area contributed by atoms with Crippen LogP contribution in [0.3, 0.4) is 0 Å². The second kappa shape index (κ2) is 4.94. The maximum atomic E-state index is 11.5. The van der Waals surface area contributed by atoms with Crippen LogP contribution in [0.4, 0.5) is 0 Å². The summed E-state index contributed by atoms with van der Waals surface area (Å²) in [6, 6.07) is 6.74. The molecule has 1 aromatic rings. The summed E-state index contributed by atoms with van der Waals surface area (Å²) in [6.07, 6.45) is 0.560. The molecule has 0 saturated carbocycles. The molecule has 0 radical (unpaired) electrons. The maximum Gasteiger partial charge on any atom is 0.336 e. The number of nitrogens with one attached hydrogen (secondary N) is 1. The second-order valence-corrected chi connectivity index (χ2v) is 7.40. The average Bonchev–Trinajstić information content (AvgIpc) is 2.62. The Morgan fingerprint density at radius 2 is 2.11 bits per heavy atom. The first kappa shape index (κ1) is 14.0. The molecule has 1 fully saturated rings. The zero-order valence-electron chi connectivity index (χ0n) is 10.7. The highest BCUT2D eigenvalue weighted by molar-refractivity contribution is 7.91. The van der Waals surface area contributed by atoms with Crippen LogP contribution < -0.4 is 5.32 Å². The van der Waals surface area contributed by atoms with Gasteiger partial charge < -0.3 is 10.4 Å². The van der Waals surface area contributed by atoms with Gasteiger partial charge in [-0.25, -0.2) is 13.2 Å². The van der Waals surface area contributed by atoms with Crippen LogP contribution >= 0.6 is 0 Å². The fraction of sp³-hybridized carbons (Fsp3) is 0.462. The number of carboxylic acids is 1. The highest BCUT2D eigenvalue weighted by atomic mass is 32.2. The lowest BCUT2D eigenvalue weighted by molar-refractivity contribution is 0.0695. The van der Waals surface area contributed by atoms with E-state index in [2.05, 4.69) is 5.32 Å². The Bertz CT molecular complexity index is 596. The molecule has 6 heteroatoms. The van der Waals surface area contributed by atoms with Crippen molar-refractivity contribution in [3.63, 3.8) is 0 Å².